The van der Waals surface area contributed by atoms with Crippen LogP contribution >= 0.6 is 0 Å². The Kier molecular flexibility index (Phi) is 67.1. The van der Waals surface area contributed by atoms with E-state index < -0.39 is 6.10 Å². The molecular weight excluding hydrogens is 997 g/mol. The molecule has 0 fully saturated rings. The van der Waals surface area contributed by atoms with Crippen LogP contribution in [0.15, 0.2) is 60.8 Å². The van der Waals surface area contributed by atoms with Gasteiger partial charge in [0, 0.05) is 19.3 Å². The minimum Gasteiger partial charge on any atom is -0.462 e. The minimum absolute atomic E-state index is 0.0867. The SMILES string of the molecule is CC/C=C\C/C=C\C/C=C\C/C=C\C/C=C\CCCC(=O)OCC(COC(=O)CCCCCCCCCCCCCCCCCCCCCCCCCC)OC(=O)CCCCCCCCCCCCCCCCCCCCCCCC. The fourth-order valence-electron chi connectivity index (χ4n) is 10.7. The molecule has 81 heavy (non-hydrogen) atoms. The first-order valence-electron chi connectivity index (χ1n) is 35.8. The Morgan fingerprint density at radius 2 is 0.481 bits per heavy atom. The molecule has 0 radical (unpaired) electrons. The summed E-state index contributed by atoms with van der Waals surface area (Å²) in [6.45, 7) is 6.56. The Hall–Kier alpha value is -2.89. The van der Waals surface area contributed by atoms with Crippen molar-refractivity contribution in [3.05, 3.63) is 60.8 Å². The van der Waals surface area contributed by atoms with E-state index in [4.69, 9.17) is 14.2 Å². The van der Waals surface area contributed by atoms with Crippen molar-refractivity contribution in [2.45, 2.75) is 386 Å². The van der Waals surface area contributed by atoms with Crippen LogP contribution in [0.4, 0.5) is 0 Å². The molecule has 1 atom stereocenters. The zero-order chi connectivity index (χ0) is 58.5. The van der Waals surface area contributed by atoms with E-state index in [9.17, 15) is 14.4 Å². The van der Waals surface area contributed by atoms with Crippen LogP contribution in [0.5, 0.6) is 0 Å². The number of rotatable bonds is 66. The topological polar surface area (TPSA) is 78.9 Å². The zero-order valence-corrected chi connectivity index (χ0v) is 54.3. The number of hydrogen-bond donors (Lipinski definition) is 0. The van der Waals surface area contributed by atoms with Gasteiger partial charge in [0.05, 0.1) is 0 Å². The standard InChI is InChI=1S/C75H136O6/c1-4-7-10-13-16-19-22-25-28-31-33-35-37-38-40-41-44-47-50-53-56-59-62-65-68-74(77)80-71-72(70-79-73(76)67-64-61-58-55-52-49-46-43-30-27-24-21-18-15-12-9-6-3)81-75(78)69-66-63-60-57-54-51-48-45-42-39-36-34-32-29-26-23-20-17-14-11-8-5-2/h9,12,18,21,27,30,46,49,55,58,72H,4-8,10-11,13-17,19-20,22-26,28-29,31-45,47-48,50-54,56-57,59-71H2,1-3H3/b12-9-,21-18-,30-27-,49-46-,58-55-. The lowest BCUT2D eigenvalue weighted by Gasteiger charge is -2.18. The summed E-state index contributed by atoms with van der Waals surface area (Å²) in [4.78, 5) is 38.5. The fourth-order valence-corrected chi connectivity index (χ4v) is 10.7. The van der Waals surface area contributed by atoms with Gasteiger partial charge in [0.2, 0.25) is 0 Å². The molecule has 0 bridgehead atoms. The second-order valence-electron chi connectivity index (χ2n) is 24.1. The predicted molar refractivity (Wildman–Crippen MR) is 353 cm³/mol. The van der Waals surface area contributed by atoms with Crippen molar-refractivity contribution in [3.8, 4) is 0 Å². The average molecular weight is 1130 g/mol. The van der Waals surface area contributed by atoms with Crippen molar-refractivity contribution in [1.82, 2.24) is 0 Å². The summed E-state index contributed by atoms with van der Waals surface area (Å²) in [6.07, 6.45) is 89.8. The van der Waals surface area contributed by atoms with Crippen molar-refractivity contribution >= 4 is 17.9 Å². The van der Waals surface area contributed by atoms with E-state index in [0.717, 1.165) is 77.0 Å². The molecule has 472 valence electrons. The van der Waals surface area contributed by atoms with Crippen molar-refractivity contribution in [3.63, 3.8) is 0 Å². The molecule has 6 nitrogen and oxygen atoms in total. The van der Waals surface area contributed by atoms with Crippen LogP contribution in [0, 0.1) is 0 Å². The van der Waals surface area contributed by atoms with Gasteiger partial charge in [-0.25, -0.2) is 0 Å². The molecular formula is C75H136O6. The molecule has 0 heterocycles. The highest BCUT2D eigenvalue weighted by Crippen LogP contribution is 2.19. The Morgan fingerprint density at radius 1 is 0.259 bits per heavy atom. The monoisotopic (exact) mass is 1130 g/mol. The minimum atomic E-state index is -0.796. The molecule has 0 rings (SSSR count). The highest BCUT2D eigenvalue weighted by atomic mass is 16.6. The van der Waals surface area contributed by atoms with E-state index in [1.807, 2.05) is 0 Å². The van der Waals surface area contributed by atoms with E-state index in [2.05, 4.69) is 81.5 Å². The molecule has 0 N–H and O–H groups in total. The summed E-state index contributed by atoms with van der Waals surface area (Å²) in [7, 11) is 0. The average Bonchev–Trinajstić information content (AvgIpc) is 3.47. The largest absolute Gasteiger partial charge is 0.462 e. The molecule has 0 spiro atoms. The Balaban J connectivity index is 4.33. The number of hydrogen-bond acceptors (Lipinski definition) is 6. The molecule has 0 aromatic carbocycles. The number of ether oxygens (including phenoxy) is 3. The number of esters is 3. The number of carbonyl (C=O) groups excluding carboxylic acids is 3. The van der Waals surface area contributed by atoms with E-state index in [1.165, 1.54) is 257 Å². The fraction of sp³-hybridized carbons (Fsp3) is 0.827. The molecule has 1 unspecified atom stereocenters. The molecule has 0 saturated heterocycles. The maximum absolute atomic E-state index is 13.0. The van der Waals surface area contributed by atoms with Crippen molar-refractivity contribution < 1.29 is 28.6 Å². The van der Waals surface area contributed by atoms with Gasteiger partial charge in [0.25, 0.3) is 0 Å². The van der Waals surface area contributed by atoms with Crippen LogP contribution < -0.4 is 0 Å². The second kappa shape index (κ2) is 69.6. The zero-order valence-electron chi connectivity index (χ0n) is 54.3. The van der Waals surface area contributed by atoms with E-state index in [1.54, 1.807) is 0 Å². The predicted octanol–water partition coefficient (Wildman–Crippen LogP) is 24.7. The summed E-state index contributed by atoms with van der Waals surface area (Å²) in [6, 6.07) is 0. The van der Waals surface area contributed by atoms with Gasteiger partial charge in [-0.2, -0.15) is 0 Å². The van der Waals surface area contributed by atoms with Gasteiger partial charge >= 0.3 is 17.9 Å². The van der Waals surface area contributed by atoms with Gasteiger partial charge in [0.1, 0.15) is 13.2 Å². The lowest BCUT2D eigenvalue weighted by atomic mass is 10.0. The second-order valence-corrected chi connectivity index (χ2v) is 24.1. The molecule has 6 heteroatoms. The summed E-state index contributed by atoms with van der Waals surface area (Å²) < 4.78 is 17.0. The first-order chi connectivity index (χ1) is 40.0. The van der Waals surface area contributed by atoms with Gasteiger partial charge in [0.15, 0.2) is 6.10 Å². The van der Waals surface area contributed by atoms with Crippen LogP contribution in [0.3, 0.4) is 0 Å². The highest BCUT2D eigenvalue weighted by molar-refractivity contribution is 5.71. The highest BCUT2D eigenvalue weighted by Gasteiger charge is 2.19. The summed E-state index contributed by atoms with van der Waals surface area (Å²) in [5, 5.41) is 0. The molecule has 0 saturated carbocycles. The summed E-state index contributed by atoms with van der Waals surface area (Å²) >= 11 is 0. The molecule has 0 amide bonds. The van der Waals surface area contributed by atoms with Crippen LogP contribution in [-0.4, -0.2) is 37.2 Å². The third-order valence-electron chi connectivity index (χ3n) is 16.0. The van der Waals surface area contributed by atoms with E-state index in [-0.39, 0.29) is 37.5 Å². The molecule has 0 aliphatic heterocycles. The lowest BCUT2D eigenvalue weighted by molar-refractivity contribution is -0.167. The quantitative estimate of drug-likeness (QED) is 0.0261. The van der Waals surface area contributed by atoms with Crippen LogP contribution in [0.1, 0.15) is 380 Å². The van der Waals surface area contributed by atoms with Gasteiger partial charge < -0.3 is 14.2 Å². The molecule has 0 aliphatic rings. The normalized spacial score (nSPS) is 12.4. The van der Waals surface area contributed by atoms with Crippen molar-refractivity contribution in [2.75, 3.05) is 13.2 Å². The molecule has 0 aromatic heterocycles. The maximum atomic E-state index is 13.0. The number of carbonyl (C=O) groups is 3. The molecule has 0 aliphatic carbocycles. The number of unbranched alkanes of at least 4 members (excludes halogenated alkanes) is 45. The maximum Gasteiger partial charge on any atom is 0.306 e. The third-order valence-corrected chi connectivity index (χ3v) is 16.0. The first-order valence-corrected chi connectivity index (χ1v) is 35.8. The molecule has 0 aromatic rings. The van der Waals surface area contributed by atoms with Crippen LogP contribution in [-0.2, 0) is 28.6 Å². The summed E-state index contributed by atoms with van der Waals surface area (Å²) in [5.74, 6) is -0.920. The Morgan fingerprint density at radius 3 is 0.753 bits per heavy atom. The van der Waals surface area contributed by atoms with Gasteiger partial charge in [-0.05, 0) is 57.8 Å². The summed E-state index contributed by atoms with van der Waals surface area (Å²) in [5.41, 5.74) is 0. The van der Waals surface area contributed by atoms with Gasteiger partial charge in [-0.3, -0.25) is 14.4 Å². The van der Waals surface area contributed by atoms with Crippen LogP contribution in [0.2, 0.25) is 0 Å². The van der Waals surface area contributed by atoms with Gasteiger partial charge in [-0.1, -0.05) is 364 Å². The lowest BCUT2D eigenvalue weighted by Crippen LogP contribution is -2.30. The smallest absolute Gasteiger partial charge is 0.306 e. The number of allylic oxidation sites excluding steroid dienone is 10. The Bertz CT molecular complexity index is 1440. The van der Waals surface area contributed by atoms with Crippen molar-refractivity contribution in [1.29, 1.82) is 0 Å². The third kappa shape index (κ3) is 67.8. The van der Waals surface area contributed by atoms with Crippen LogP contribution in [0.25, 0.3) is 0 Å². The first kappa shape index (κ1) is 78.1. The van der Waals surface area contributed by atoms with E-state index >= 15 is 0 Å². The Labute approximate surface area is 504 Å². The van der Waals surface area contributed by atoms with Gasteiger partial charge in [-0.15, -0.1) is 0 Å². The van der Waals surface area contributed by atoms with Crippen molar-refractivity contribution in [2.24, 2.45) is 0 Å². The van der Waals surface area contributed by atoms with E-state index in [0.29, 0.717) is 19.3 Å².